The molecule has 0 bridgehead atoms. The largest absolute Gasteiger partial charge is 0.466 e. The number of rotatable bonds is 5. The van der Waals surface area contributed by atoms with E-state index in [4.69, 9.17) is 4.74 Å². The van der Waals surface area contributed by atoms with Gasteiger partial charge in [-0.2, -0.15) is 0 Å². The van der Waals surface area contributed by atoms with Crippen LogP contribution in [0.4, 0.5) is 0 Å². The summed E-state index contributed by atoms with van der Waals surface area (Å²) in [6.45, 7) is 2.25. The predicted molar refractivity (Wildman–Crippen MR) is 69.4 cm³/mol. The molecule has 2 rings (SSSR count). The van der Waals surface area contributed by atoms with E-state index in [0.717, 1.165) is 14.7 Å². The van der Waals surface area contributed by atoms with Gasteiger partial charge in [-0.05, 0) is 19.1 Å². The van der Waals surface area contributed by atoms with Crippen LogP contribution in [-0.2, 0) is 9.53 Å². The lowest BCUT2D eigenvalue weighted by Crippen LogP contribution is -2.04. The van der Waals surface area contributed by atoms with Crippen LogP contribution in [0.3, 0.4) is 0 Å². The van der Waals surface area contributed by atoms with Gasteiger partial charge >= 0.3 is 5.97 Å². The number of aromatic nitrogens is 2. The second-order valence-electron chi connectivity index (χ2n) is 3.21. The number of thiazole rings is 1. The van der Waals surface area contributed by atoms with E-state index in [1.54, 1.807) is 29.3 Å². The lowest BCUT2D eigenvalue weighted by atomic mass is 10.5. The van der Waals surface area contributed by atoms with Crippen molar-refractivity contribution in [2.45, 2.75) is 17.7 Å². The summed E-state index contributed by atoms with van der Waals surface area (Å²) in [5.74, 6) is 0.540. The molecule has 4 nitrogen and oxygen atoms in total. The van der Waals surface area contributed by atoms with Gasteiger partial charge in [0.15, 0.2) is 4.34 Å². The Hall–Kier alpha value is -1.14. The fourth-order valence-electron chi connectivity index (χ4n) is 1.27. The minimum Gasteiger partial charge on any atom is -0.466 e. The average molecular weight is 268 g/mol. The summed E-state index contributed by atoms with van der Waals surface area (Å²) in [5.41, 5.74) is 0.913. The van der Waals surface area contributed by atoms with Gasteiger partial charge in [0.05, 0.1) is 13.0 Å². The van der Waals surface area contributed by atoms with Crippen molar-refractivity contribution in [3.63, 3.8) is 0 Å². The molecule has 2 heterocycles. The summed E-state index contributed by atoms with van der Waals surface area (Å²) in [5, 5.41) is 0. The molecule has 0 unspecified atom stereocenters. The van der Waals surface area contributed by atoms with Crippen LogP contribution in [0.15, 0.2) is 22.7 Å². The zero-order valence-electron chi connectivity index (χ0n) is 9.38. The molecule has 0 spiro atoms. The number of nitrogens with zero attached hydrogens (tertiary/aromatic N) is 2. The van der Waals surface area contributed by atoms with Crippen molar-refractivity contribution in [2.24, 2.45) is 0 Å². The quantitative estimate of drug-likeness (QED) is 0.616. The number of hydrogen-bond acceptors (Lipinski definition) is 6. The van der Waals surface area contributed by atoms with Gasteiger partial charge in [0.1, 0.15) is 10.3 Å². The highest BCUT2D eigenvalue weighted by Gasteiger charge is 2.06. The molecule has 0 aromatic carbocycles. The summed E-state index contributed by atoms with van der Waals surface area (Å²) in [6, 6.07) is 3.81. The number of carbonyl (C=O) groups is 1. The zero-order valence-corrected chi connectivity index (χ0v) is 11.0. The smallest absolute Gasteiger partial charge is 0.306 e. The maximum atomic E-state index is 11.1. The van der Waals surface area contributed by atoms with Gasteiger partial charge in [-0.3, -0.25) is 4.79 Å². The molecular weight excluding hydrogens is 256 g/mol. The van der Waals surface area contributed by atoms with Crippen LogP contribution in [0.2, 0.25) is 0 Å². The van der Waals surface area contributed by atoms with Crippen molar-refractivity contribution in [3.8, 4) is 0 Å². The molecule has 6 heteroatoms. The van der Waals surface area contributed by atoms with Crippen LogP contribution in [-0.4, -0.2) is 28.3 Å². The van der Waals surface area contributed by atoms with Gasteiger partial charge in [-0.1, -0.05) is 23.1 Å². The summed E-state index contributed by atoms with van der Waals surface area (Å²) in [7, 11) is 0. The van der Waals surface area contributed by atoms with Gasteiger partial charge in [-0.25, -0.2) is 9.97 Å². The molecular formula is C11H12N2O2S2. The molecule has 0 aliphatic rings. The van der Waals surface area contributed by atoms with Gasteiger partial charge in [0.2, 0.25) is 0 Å². The van der Waals surface area contributed by atoms with Gasteiger partial charge in [0.25, 0.3) is 0 Å². The molecule has 0 aliphatic carbocycles. The van der Waals surface area contributed by atoms with Gasteiger partial charge in [-0.15, -0.1) is 0 Å². The van der Waals surface area contributed by atoms with Crippen molar-refractivity contribution >= 4 is 39.4 Å². The lowest BCUT2D eigenvalue weighted by molar-refractivity contribution is -0.142. The Morgan fingerprint density at radius 2 is 2.47 bits per heavy atom. The molecule has 0 amide bonds. The minimum atomic E-state index is -0.153. The number of esters is 1. The molecule has 0 fully saturated rings. The van der Waals surface area contributed by atoms with Crippen LogP contribution in [0.5, 0.6) is 0 Å². The standard InChI is InChI=1S/C11H12N2O2S2/c1-2-15-9(14)5-7-16-11-13-8-4-3-6-12-10(8)17-11/h3-4,6H,2,5,7H2,1H3. The molecule has 2 aromatic rings. The second-order valence-corrected chi connectivity index (χ2v) is 5.53. The molecule has 2 aromatic heterocycles. The topological polar surface area (TPSA) is 52.1 Å². The third kappa shape index (κ3) is 3.41. The Labute approximate surface area is 107 Å². The molecule has 0 saturated heterocycles. The fourth-order valence-corrected chi connectivity index (χ4v) is 3.24. The molecule has 0 aliphatic heterocycles. The highest BCUT2D eigenvalue weighted by atomic mass is 32.2. The van der Waals surface area contributed by atoms with Crippen molar-refractivity contribution in [3.05, 3.63) is 18.3 Å². The van der Waals surface area contributed by atoms with Crippen LogP contribution < -0.4 is 0 Å². The van der Waals surface area contributed by atoms with E-state index in [1.807, 2.05) is 19.1 Å². The van der Waals surface area contributed by atoms with E-state index >= 15 is 0 Å². The Balaban J connectivity index is 1.89. The molecule has 0 N–H and O–H groups in total. The summed E-state index contributed by atoms with van der Waals surface area (Å²) < 4.78 is 5.80. The third-order valence-electron chi connectivity index (χ3n) is 1.98. The van der Waals surface area contributed by atoms with E-state index in [1.165, 1.54) is 0 Å². The highest BCUT2D eigenvalue weighted by molar-refractivity contribution is 8.01. The fraction of sp³-hybridized carbons (Fsp3) is 0.364. The highest BCUT2D eigenvalue weighted by Crippen LogP contribution is 2.28. The van der Waals surface area contributed by atoms with Crippen molar-refractivity contribution in [1.82, 2.24) is 9.97 Å². The van der Waals surface area contributed by atoms with E-state index < -0.39 is 0 Å². The maximum absolute atomic E-state index is 11.1. The summed E-state index contributed by atoms with van der Waals surface area (Å²) in [6.07, 6.45) is 2.18. The molecule has 0 atom stereocenters. The van der Waals surface area contributed by atoms with Crippen LogP contribution in [0, 0.1) is 0 Å². The van der Waals surface area contributed by atoms with Crippen molar-refractivity contribution in [1.29, 1.82) is 0 Å². The van der Waals surface area contributed by atoms with Crippen molar-refractivity contribution < 1.29 is 9.53 Å². The maximum Gasteiger partial charge on any atom is 0.306 e. The molecule has 0 radical (unpaired) electrons. The number of carbonyl (C=O) groups excluding carboxylic acids is 1. The number of hydrogen-bond donors (Lipinski definition) is 0. The van der Waals surface area contributed by atoms with E-state index in [-0.39, 0.29) is 5.97 Å². The first kappa shape index (κ1) is 12.3. The first-order valence-electron chi connectivity index (χ1n) is 5.29. The second kappa shape index (κ2) is 5.97. The van der Waals surface area contributed by atoms with E-state index in [0.29, 0.717) is 18.8 Å². The molecule has 0 saturated carbocycles. The molecule has 17 heavy (non-hydrogen) atoms. The molecule has 90 valence electrons. The van der Waals surface area contributed by atoms with Crippen LogP contribution >= 0.6 is 23.1 Å². The first-order valence-corrected chi connectivity index (χ1v) is 7.10. The lowest BCUT2D eigenvalue weighted by Gasteiger charge is -1.99. The number of thioether (sulfide) groups is 1. The summed E-state index contributed by atoms with van der Waals surface area (Å²) >= 11 is 3.12. The number of pyridine rings is 1. The first-order chi connectivity index (χ1) is 8.29. The minimum absolute atomic E-state index is 0.153. The Morgan fingerprint density at radius 3 is 3.24 bits per heavy atom. The predicted octanol–water partition coefficient (Wildman–Crippen LogP) is 2.74. The van der Waals surface area contributed by atoms with Gasteiger partial charge < -0.3 is 4.74 Å². The zero-order chi connectivity index (χ0) is 12.1. The van der Waals surface area contributed by atoms with Crippen molar-refractivity contribution in [2.75, 3.05) is 12.4 Å². The summed E-state index contributed by atoms with van der Waals surface area (Å²) in [4.78, 5) is 20.7. The Bertz CT molecular complexity index is 480. The van der Waals surface area contributed by atoms with E-state index in [9.17, 15) is 4.79 Å². The average Bonchev–Trinajstić information content (AvgIpc) is 2.71. The monoisotopic (exact) mass is 268 g/mol. The SMILES string of the molecule is CCOC(=O)CCSc1nc2cccnc2s1. The normalized spacial score (nSPS) is 10.6. The van der Waals surface area contributed by atoms with Crippen LogP contribution in [0.1, 0.15) is 13.3 Å². The van der Waals surface area contributed by atoms with E-state index in [2.05, 4.69) is 9.97 Å². The number of fused-ring (bicyclic) bond motifs is 1. The Morgan fingerprint density at radius 1 is 1.59 bits per heavy atom. The van der Waals surface area contributed by atoms with Gasteiger partial charge in [0, 0.05) is 11.9 Å². The Kier molecular flexibility index (Phi) is 4.33. The third-order valence-corrected chi connectivity index (χ3v) is 4.11. The van der Waals surface area contributed by atoms with Crippen LogP contribution in [0.25, 0.3) is 10.3 Å². The number of ether oxygens (including phenoxy) is 1.